The lowest BCUT2D eigenvalue weighted by molar-refractivity contribution is -0.123. The van der Waals surface area contributed by atoms with E-state index in [0.29, 0.717) is 12.5 Å². The van der Waals surface area contributed by atoms with Crippen molar-refractivity contribution in [3.05, 3.63) is 35.8 Å². The average molecular weight is 331 g/mol. The number of aryl methyl sites for hydroxylation is 2. The van der Waals surface area contributed by atoms with Gasteiger partial charge in [-0.25, -0.2) is 0 Å². The van der Waals surface area contributed by atoms with Crippen LogP contribution in [0.25, 0.3) is 0 Å². The quantitative estimate of drug-likeness (QED) is 0.798. The minimum absolute atomic E-state index is 0.0126. The molecule has 1 aliphatic heterocycles. The lowest BCUT2D eigenvalue weighted by atomic mass is 9.99. The van der Waals surface area contributed by atoms with Gasteiger partial charge in [-0.3, -0.25) is 4.79 Å². The number of aromatic nitrogens is 3. The molecule has 0 radical (unpaired) electrons. The second-order valence-electron chi connectivity index (χ2n) is 6.33. The van der Waals surface area contributed by atoms with Crippen LogP contribution in [0.15, 0.2) is 22.8 Å². The van der Waals surface area contributed by atoms with Crippen molar-refractivity contribution in [1.29, 1.82) is 0 Å². The first-order valence-electron chi connectivity index (χ1n) is 8.61. The maximum absolute atomic E-state index is 12.1. The Hall–Kier alpha value is -2.15. The Morgan fingerprint density at radius 1 is 1.50 bits per heavy atom. The van der Waals surface area contributed by atoms with Crippen LogP contribution in [-0.4, -0.2) is 33.3 Å². The van der Waals surface area contributed by atoms with Gasteiger partial charge in [0.05, 0.1) is 18.8 Å². The average Bonchev–Trinajstić information content (AvgIpc) is 3.26. The number of nitrogens with one attached hydrogen (secondary N) is 2. The Morgan fingerprint density at radius 3 is 3.12 bits per heavy atom. The number of hydrogen-bond donors (Lipinski definition) is 2. The molecule has 0 bridgehead atoms. The van der Waals surface area contributed by atoms with Crippen LogP contribution in [0.3, 0.4) is 0 Å². The van der Waals surface area contributed by atoms with Gasteiger partial charge < -0.3 is 19.6 Å². The molecule has 0 aromatic carbocycles. The Kier molecular flexibility index (Phi) is 5.30. The summed E-state index contributed by atoms with van der Waals surface area (Å²) in [6.07, 6.45) is 4.54. The molecule has 2 atom stereocenters. The topological polar surface area (TPSA) is 85.0 Å². The normalized spacial score (nSPS) is 18.2. The number of carbonyl (C=O) groups excluding carboxylic acids is 1. The van der Waals surface area contributed by atoms with Crippen LogP contribution in [0, 0.1) is 5.92 Å². The van der Waals surface area contributed by atoms with Crippen molar-refractivity contribution in [2.24, 2.45) is 5.92 Å². The van der Waals surface area contributed by atoms with Gasteiger partial charge in [-0.2, -0.15) is 0 Å². The fourth-order valence-corrected chi connectivity index (χ4v) is 3.06. The Morgan fingerprint density at radius 2 is 2.38 bits per heavy atom. The smallest absolute Gasteiger partial charge is 0.237 e. The van der Waals surface area contributed by atoms with E-state index in [9.17, 15) is 4.79 Å². The SMILES string of the molecule is CCc1nnc2n1C[C@@H](CN[C@@H](C)C(=O)NCc1ccco1)CC2. The predicted octanol–water partition coefficient (Wildman–Crippen LogP) is 1.29. The number of rotatable bonds is 7. The number of furan rings is 1. The summed E-state index contributed by atoms with van der Waals surface area (Å²) in [6.45, 7) is 6.16. The summed E-state index contributed by atoms with van der Waals surface area (Å²) < 4.78 is 7.45. The molecule has 0 aliphatic carbocycles. The first kappa shape index (κ1) is 16.7. The summed E-state index contributed by atoms with van der Waals surface area (Å²) in [5, 5.41) is 14.7. The van der Waals surface area contributed by atoms with Gasteiger partial charge in [-0.15, -0.1) is 10.2 Å². The summed E-state index contributed by atoms with van der Waals surface area (Å²) in [5.74, 6) is 3.39. The monoisotopic (exact) mass is 331 g/mol. The molecule has 2 N–H and O–H groups in total. The van der Waals surface area contributed by atoms with Crippen LogP contribution < -0.4 is 10.6 Å². The third kappa shape index (κ3) is 3.84. The van der Waals surface area contributed by atoms with Gasteiger partial charge in [-0.05, 0) is 31.4 Å². The number of hydrogen-bond acceptors (Lipinski definition) is 5. The molecule has 7 heteroatoms. The van der Waals surface area contributed by atoms with Crippen LogP contribution in [0.5, 0.6) is 0 Å². The highest BCUT2D eigenvalue weighted by molar-refractivity contribution is 5.81. The lowest BCUT2D eigenvalue weighted by Crippen LogP contribution is -2.44. The molecule has 0 fully saturated rings. The second-order valence-corrected chi connectivity index (χ2v) is 6.33. The fraction of sp³-hybridized carbons (Fsp3) is 0.588. The lowest BCUT2D eigenvalue weighted by Gasteiger charge is -2.25. The van der Waals surface area contributed by atoms with Gasteiger partial charge in [-0.1, -0.05) is 6.92 Å². The standard InChI is InChI=1S/C17H25N5O2/c1-3-15-20-21-16-7-6-13(11-22(15)16)9-18-12(2)17(23)19-10-14-5-4-8-24-14/h4-5,8,12-13,18H,3,6-7,9-11H2,1-2H3,(H,19,23)/t12-,13+/m0/s1. The van der Waals surface area contributed by atoms with Crippen LogP contribution in [-0.2, 0) is 30.7 Å². The molecule has 2 aromatic rings. The predicted molar refractivity (Wildman–Crippen MR) is 89.2 cm³/mol. The van der Waals surface area contributed by atoms with E-state index in [1.54, 1.807) is 6.26 Å². The summed E-state index contributed by atoms with van der Waals surface area (Å²) in [7, 11) is 0. The van der Waals surface area contributed by atoms with E-state index >= 15 is 0 Å². The summed E-state index contributed by atoms with van der Waals surface area (Å²) in [5.41, 5.74) is 0. The first-order valence-corrected chi connectivity index (χ1v) is 8.61. The van der Waals surface area contributed by atoms with Crippen molar-refractivity contribution < 1.29 is 9.21 Å². The fourth-order valence-electron chi connectivity index (χ4n) is 3.06. The molecule has 0 saturated carbocycles. The van der Waals surface area contributed by atoms with Gasteiger partial charge in [0.1, 0.15) is 17.4 Å². The molecule has 0 spiro atoms. The highest BCUT2D eigenvalue weighted by atomic mass is 16.3. The third-order valence-corrected chi connectivity index (χ3v) is 4.56. The van der Waals surface area contributed by atoms with Crippen molar-refractivity contribution in [3.8, 4) is 0 Å². The number of fused-ring (bicyclic) bond motifs is 1. The molecular weight excluding hydrogens is 306 g/mol. The van der Waals surface area contributed by atoms with E-state index in [1.807, 2.05) is 19.1 Å². The summed E-state index contributed by atoms with van der Waals surface area (Å²) in [4.78, 5) is 12.1. The molecule has 7 nitrogen and oxygen atoms in total. The van der Waals surface area contributed by atoms with E-state index in [1.165, 1.54) is 0 Å². The van der Waals surface area contributed by atoms with Crippen LogP contribution in [0.4, 0.5) is 0 Å². The second kappa shape index (κ2) is 7.61. The molecule has 130 valence electrons. The van der Waals surface area contributed by atoms with Gasteiger partial charge >= 0.3 is 0 Å². The Balaban J connectivity index is 1.44. The number of carbonyl (C=O) groups is 1. The molecule has 2 aromatic heterocycles. The summed E-state index contributed by atoms with van der Waals surface area (Å²) in [6, 6.07) is 3.44. The molecular formula is C17H25N5O2. The number of nitrogens with zero attached hydrogens (tertiary/aromatic N) is 3. The van der Waals surface area contributed by atoms with Crippen molar-refractivity contribution in [3.63, 3.8) is 0 Å². The van der Waals surface area contributed by atoms with E-state index in [-0.39, 0.29) is 11.9 Å². The minimum Gasteiger partial charge on any atom is -0.467 e. The molecule has 3 heterocycles. The van der Waals surface area contributed by atoms with E-state index in [0.717, 1.165) is 49.8 Å². The van der Waals surface area contributed by atoms with Gasteiger partial charge in [0.15, 0.2) is 0 Å². The molecule has 0 unspecified atom stereocenters. The van der Waals surface area contributed by atoms with Crippen molar-refractivity contribution >= 4 is 5.91 Å². The zero-order chi connectivity index (χ0) is 16.9. The molecule has 3 rings (SSSR count). The molecule has 24 heavy (non-hydrogen) atoms. The van der Waals surface area contributed by atoms with E-state index < -0.39 is 0 Å². The maximum Gasteiger partial charge on any atom is 0.237 e. The van der Waals surface area contributed by atoms with E-state index in [2.05, 4.69) is 32.3 Å². The van der Waals surface area contributed by atoms with Crippen LogP contribution >= 0.6 is 0 Å². The number of amides is 1. The maximum atomic E-state index is 12.1. The van der Waals surface area contributed by atoms with E-state index in [4.69, 9.17) is 4.42 Å². The Labute approximate surface area is 141 Å². The first-order chi connectivity index (χ1) is 11.7. The molecule has 1 aliphatic rings. The minimum atomic E-state index is -0.229. The van der Waals surface area contributed by atoms with Crippen LogP contribution in [0.2, 0.25) is 0 Å². The summed E-state index contributed by atoms with van der Waals surface area (Å²) >= 11 is 0. The molecule has 0 saturated heterocycles. The largest absolute Gasteiger partial charge is 0.467 e. The van der Waals surface area contributed by atoms with Crippen molar-refractivity contribution in [2.75, 3.05) is 6.54 Å². The van der Waals surface area contributed by atoms with Crippen LogP contribution in [0.1, 0.15) is 37.7 Å². The zero-order valence-corrected chi connectivity index (χ0v) is 14.3. The van der Waals surface area contributed by atoms with Crippen molar-refractivity contribution in [2.45, 2.75) is 52.2 Å². The highest BCUT2D eigenvalue weighted by Gasteiger charge is 2.23. The van der Waals surface area contributed by atoms with Gasteiger partial charge in [0, 0.05) is 25.9 Å². The third-order valence-electron chi connectivity index (χ3n) is 4.56. The van der Waals surface area contributed by atoms with Crippen molar-refractivity contribution in [1.82, 2.24) is 25.4 Å². The Bertz CT molecular complexity index is 651. The van der Waals surface area contributed by atoms with Gasteiger partial charge in [0.25, 0.3) is 0 Å². The van der Waals surface area contributed by atoms with Gasteiger partial charge in [0.2, 0.25) is 5.91 Å². The highest BCUT2D eigenvalue weighted by Crippen LogP contribution is 2.19. The zero-order valence-electron chi connectivity index (χ0n) is 14.3. The molecule has 1 amide bonds.